The molecule has 0 saturated heterocycles. The molecule has 0 fully saturated rings. The van der Waals surface area contributed by atoms with Gasteiger partial charge in [-0.15, -0.1) is 0 Å². The van der Waals surface area contributed by atoms with E-state index in [-0.39, 0.29) is 5.78 Å². The minimum atomic E-state index is 0.144. The lowest BCUT2D eigenvalue weighted by Gasteiger charge is -2.17. The Kier molecular flexibility index (Phi) is 3.18. The SMILES string of the molecule is COc1cc2c(cc1OC)CCC(C(C)=O)=C2. The summed E-state index contributed by atoms with van der Waals surface area (Å²) in [5, 5.41) is 0. The maximum Gasteiger partial charge on any atom is 0.161 e. The van der Waals surface area contributed by atoms with Gasteiger partial charge in [-0.2, -0.15) is 0 Å². The van der Waals surface area contributed by atoms with Gasteiger partial charge in [-0.3, -0.25) is 4.79 Å². The van der Waals surface area contributed by atoms with Crippen molar-refractivity contribution in [2.24, 2.45) is 0 Å². The first-order chi connectivity index (χ1) is 8.15. The average Bonchev–Trinajstić information content (AvgIpc) is 2.36. The fourth-order valence-electron chi connectivity index (χ4n) is 2.09. The standard InChI is InChI=1S/C14H16O3/c1-9(15)10-4-5-11-7-13(16-2)14(17-3)8-12(11)6-10/h6-8H,4-5H2,1-3H3. The van der Waals surface area contributed by atoms with Crippen molar-refractivity contribution >= 4 is 11.9 Å². The second kappa shape index (κ2) is 4.62. The van der Waals surface area contributed by atoms with Crippen LogP contribution < -0.4 is 9.47 Å². The Morgan fingerprint density at radius 2 is 1.76 bits per heavy atom. The molecular weight excluding hydrogens is 216 g/mol. The van der Waals surface area contributed by atoms with Crippen LogP contribution in [-0.4, -0.2) is 20.0 Å². The van der Waals surface area contributed by atoms with Gasteiger partial charge in [-0.1, -0.05) is 0 Å². The summed E-state index contributed by atoms with van der Waals surface area (Å²) in [6, 6.07) is 3.91. The highest BCUT2D eigenvalue weighted by atomic mass is 16.5. The largest absolute Gasteiger partial charge is 0.493 e. The lowest BCUT2D eigenvalue weighted by Crippen LogP contribution is -2.06. The smallest absolute Gasteiger partial charge is 0.161 e. The van der Waals surface area contributed by atoms with Gasteiger partial charge in [-0.25, -0.2) is 0 Å². The number of hydrogen-bond donors (Lipinski definition) is 0. The van der Waals surface area contributed by atoms with Crippen molar-refractivity contribution in [3.63, 3.8) is 0 Å². The molecule has 0 N–H and O–H groups in total. The molecule has 0 saturated carbocycles. The summed E-state index contributed by atoms with van der Waals surface area (Å²) in [4.78, 5) is 11.4. The van der Waals surface area contributed by atoms with Crippen molar-refractivity contribution < 1.29 is 14.3 Å². The van der Waals surface area contributed by atoms with Gasteiger partial charge in [0, 0.05) is 0 Å². The Hall–Kier alpha value is -1.77. The molecule has 0 bridgehead atoms. The quantitative estimate of drug-likeness (QED) is 0.803. The molecule has 2 rings (SSSR count). The van der Waals surface area contributed by atoms with E-state index in [9.17, 15) is 4.79 Å². The van der Waals surface area contributed by atoms with Crippen molar-refractivity contribution in [3.8, 4) is 11.5 Å². The maximum absolute atomic E-state index is 11.4. The van der Waals surface area contributed by atoms with E-state index in [1.165, 1.54) is 5.56 Å². The van der Waals surface area contributed by atoms with E-state index in [0.29, 0.717) is 5.75 Å². The minimum absolute atomic E-state index is 0.144. The molecule has 1 aliphatic rings. The van der Waals surface area contributed by atoms with E-state index in [1.807, 2.05) is 18.2 Å². The number of aryl methyl sites for hydroxylation is 1. The molecule has 0 heterocycles. The molecule has 1 aliphatic carbocycles. The summed E-state index contributed by atoms with van der Waals surface area (Å²) in [7, 11) is 3.24. The first-order valence-electron chi connectivity index (χ1n) is 5.62. The Morgan fingerprint density at radius 1 is 1.12 bits per heavy atom. The zero-order chi connectivity index (χ0) is 12.4. The Morgan fingerprint density at radius 3 is 2.35 bits per heavy atom. The number of Topliss-reactive ketones (excluding diaryl/α,β-unsaturated/α-hetero) is 1. The lowest BCUT2D eigenvalue weighted by atomic mass is 9.90. The molecule has 0 unspecified atom stereocenters. The summed E-state index contributed by atoms with van der Waals surface area (Å²) in [6.45, 7) is 1.61. The Balaban J connectivity index is 2.49. The van der Waals surface area contributed by atoms with Gasteiger partial charge in [-0.05, 0) is 54.7 Å². The van der Waals surface area contributed by atoms with Crippen LogP contribution in [0.5, 0.6) is 11.5 Å². The normalized spacial score (nSPS) is 13.7. The summed E-state index contributed by atoms with van der Waals surface area (Å²) in [5.74, 6) is 1.59. The van der Waals surface area contributed by atoms with E-state index in [2.05, 4.69) is 0 Å². The van der Waals surface area contributed by atoms with Crippen molar-refractivity contribution in [1.82, 2.24) is 0 Å². The van der Waals surface area contributed by atoms with Gasteiger partial charge in [0.2, 0.25) is 0 Å². The highest BCUT2D eigenvalue weighted by Crippen LogP contribution is 2.34. The van der Waals surface area contributed by atoms with E-state index < -0.39 is 0 Å². The number of ether oxygens (including phenoxy) is 2. The van der Waals surface area contributed by atoms with Crippen LogP contribution in [0.4, 0.5) is 0 Å². The lowest BCUT2D eigenvalue weighted by molar-refractivity contribution is -0.113. The molecule has 90 valence electrons. The maximum atomic E-state index is 11.4. The fourth-order valence-corrected chi connectivity index (χ4v) is 2.09. The van der Waals surface area contributed by atoms with Gasteiger partial charge < -0.3 is 9.47 Å². The highest BCUT2D eigenvalue weighted by molar-refractivity contribution is 5.98. The van der Waals surface area contributed by atoms with Gasteiger partial charge in [0.15, 0.2) is 17.3 Å². The molecule has 1 aromatic rings. The first kappa shape index (κ1) is 11.7. The van der Waals surface area contributed by atoms with Crippen LogP contribution in [0.2, 0.25) is 0 Å². The summed E-state index contributed by atoms with van der Waals surface area (Å²) >= 11 is 0. The third-order valence-corrected chi connectivity index (χ3v) is 3.09. The third kappa shape index (κ3) is 2.18. The van der Waals surface area contributed by atoms with Crippen molar-refractivity contribution in [2.75, 3.05) is 14.2 Å². The summed E-state index contributed by atoms with van der Waals surface area (Å²) < 4.78 is 10.5. The topological polar surface area (TPSA) is 35.5 Å². The fraction of sp³-hybridized carbons (Fsp3) is 0.357. The number of benzene rings is 1. The number of allylic oxidation sites excluding steroid dienone is 1. The summed E-state index contributed by atoms with van der Waals surface area (Å²) in [6.07, 6.45) is 3.63. The number of ketones is 1. The van der Waals surface area contributed by atoms with Crippen molar-refractivity contribution in [2.45, 2.75) is 19.8 Å². The number of fused-ring (bicyclic) bond motifs is 1. The van der Waals surface area contributed by atoms with Crippen LogP contribution in [0.25, 0.3) is 6.08 Å². The molecular formula is C14H16O3. The number of methoxy groups -OCH3 is 2. The first-order valence-corrected chi connectivity index (χ1v) is 5.62. The zero-order valence-electron chi connectivity index (χ0n) is 10.4. The monoisotopic (exact) mass is 232 g/mol. The molecule has 0 aliphatic heterocycles. The van der Waals surface area contributed by atoms with Crippen molar-refractivity contribution in [1.29, 1.82) is 0 Å². The van der Waals surface area contributed by atoms with Crippen LogP contribution in [0, 0.1) is 0 Å². The van der Waals surface area contributed by atoms with Crippen LogP contribution in [-0.2, 0) is 11.2 Å². The number of carbonyl (C=O) groups excluding carboxylic acids is 1. The van der Waals surface area contributed by atoms with E-state index in [1.54, 1.807) is 21.1 Å². The van der Waals surface area contributed by atoms with E-state index >= 15 is 0 Å². The minimum Gasteiger partial charge on any atom is -0.493 e. The molecule has 1 aromatic carbocycles. The average molecular weight is 232 g/mol. The molecule has 0 amide bonds. The highest BCUT2D eigenvalue weighted by Gasteiger charge is 2.16. The molecule has 0 atom stereocenters. The van der Waals surface area contributed by atoms with Crippen molar-refractivity contribution in [3.05, 3.63) is 28.8 Å². The predicted molar refractivity (Wildman–Crippen MR) is 66.5 cm³/mol. The van der Waals surface area contributed by atoms with Gasteiger partial charge in [0.1, 0.15) is 0 Å². The molecule has 3 nitrogen and oxygen atoms in total. The number of rotatable bonds is 3. The predicted octanol–water partition coefficient (Wildman–Crippen LogP) is 2.62. The third-order valence-electron chi connectivity index (χ3n) is 3.09. The van der Waals surface area contributed by atoms with Crippen LogP contribution >= 0.6 is 0 Å². The molecule has 0 aromatic heterocycles. The number of hydrogen-bond acceptors (Lipinski definition) is 3. The molecule has 0 spiro atoms. The molecule has 3 heteroatoms. The van der Waals surface area contributed by atoms with Gasteiger partial charge in [0.25, 0.3) is 0 Å². The second-order valence-electron chi connectivity index (χ2n) is 4.13. The van der Waals surface area contributed by atoms with Gasteiger partial charge >= 0.3 is 0 Å². The van der Waals surface area contributed by atoms with Crippen LogP contribution in [0.3, 0.4) is 0 Å². The van der Waals surface area contributed by atoms with Crippen LogP contribution in [0.1, 0.15) is 24.5 Å². The van der Waals surface area contributed by atoms with E-state index in [0.717, 1.165) is 29.7 Å². The Bertz CT molecular complexity index is 486. The Labute approximate surface area is 101 Å². The van der Waals surface area contributed by atoms with E-state index in [4.69, 9.17) is 9.47 Å². The summed E-state index contributed by atoms with van der Waals surface area (Å²) in [5.41, 5.74) is 3.14. The molecule has 17 heavy (non-hydrogen) atoms. The van der Waals surface area contributed by atoms with Gasteiger partial charge in [0.05, 0.1) is 14.2 Å². The zero-order valence-corrected chi connectivity index (χ0v) is 10.4. The second-order valence-corrected chi connectivity index (χ2v) is 4.13. The van der Waals surface area contributed by atoms with Crippen LogP contribution in [0.15, 0.2) is 17.7 Å². The molecule has 0 radical (unpaired) electrons. The number of carbonyl (C=O) groups is 1.